The predicted molar refractivity (Wildman–Crippen MR) is 109 cm³/mol. The van der Waals surface area contributed by atoms with Crippen molar-refractivity contribution in [2.45, 2.75) is 26.8 Å². The number of hydrogen-bond donors (Lipinski definition) is 1. The molecule has 3 rings (SSSR count). The highest BCUT2D eigenvalue weighted by Crippen LogP contribution is 2.15. The molecule has 0 radical (unpaired) electrons. The van der Waals surface area contributed by atoms with Gasteiger partial charge in [0.1, 0.15) is 6.26 Å². The number of nitrogens with zero attached hydrogens (tertiary/aromatic N) is 1. The molecule has 1 N–H and O–H groups in total. The Morgan fingerprint density at radius 1 is 1.00 bits per heavy atom. The molecule has 0 aliphatic carbocycles. The Hall–Kier alpha value is -3.34. The number of anilines is 1. The van der Waals surface area contributed by atoms with Gasteiger partial charge in [0, 0.05) is 25.2 Å². The Morgan fingerprint density at radius 2 is 1.79 bits per heavy atom. The second-order valence-corrected chi connectivity index (χ2v) is 6.82. The number of carbonyl (C=O) groups is 2. The minimum absolute atomic E-state index is 0.124. The van der Waals surface area contributed by atoms with E-state index in [0.29, 0.717) is 18.7 Å². The highest BCUT2D eigenvalue weighted by Gasteiger charge is 2.18. The van der Waals surface area contributed by atoms with Crippen molar-refractivity contribution >= 4 is 17.5 Å². The predicted octanol–water partition coefficient (Wildman–Crippen LogP) is 4.57. The molecule has 0 saturated heterocycles. The van der Waals surface area contributed by atoms with Gasteiger partial charge in [-0.05, 0) is 48.7 Å². The molecule has 5 nitrogen and oxygen atoms in total. The van der Waals surface area contributed by atoms with Gasteiger partial charge in [-0.15, -0.1) is 0 Å². The fraction of sp³-hybridized carbons (Fsp3) is 0.217. The van der Waals surface area contributed by atoms with E-state index in [1.54, 1.807) is 11.0 Å². The van der Waals surface area contributed by atoms with E-state index in [4.69, 9.17) is 4.42 Å². The molecule has 0 spiro atoms. The van der Waals surface area contributed by atoms with E-state index in [0.717, 1.165) is 16.8 Å². The van der Waals surface area contributed by atoms with Gasteiger partial charge in [0.15, 0.2) is 0 Å². The fourth-order valence-electron chi connectivity index (χ4n) is 2.90. The Labute approximate surface area is 165 Å². The quantitative estimate of drug-likeness (QED) is 0.657. The van der Waals surface area contributed by atoms with Crippen molar-refractivity contribution < 1.29 is 14.0 Å². The summed E-state index contributed by atoms with van der Waals surface area (Å²) in [4.78, 5) is 26.9. The van der Waals surface area contributed by atoms with Gasteiger partial charge < -0.3 is 14.6 Å². The second-order valence-electron chi connectivity index (χ2n) is 6.82. The normalized spacial score (nSPS) is 10.5. The SMILES string of the molecule is Cc1ccc(NC(=O)CCN(Cc2ccccc2)C(=O)c2ccoc2)cc1C. The van der Waals surface area contributed by atoms with E-state index < -0.39 is 0 Å². The van der Waals surface area contributed by atoms with E-state index in [1.807, 2.05) is 62.4 Å². The third kappa shape index (κ3) is 5.10. The van der Waals surface area contributed by atoms with Crippen LogP contribution in [0.4, 0.5) is 5.69 Å². The first-order valence-electron chi connectivity index (χ1n) is 9.25. The van der Waals surface area contributed by atoms with Gasteiger partial charge in [0.25, 0.3) is 5.91 Å². The molecule has 3 aromatic rings. The smallest absolute Gasteiger partial charge is 0.257 e. The molecule has 144 valence electrons. The first kappa shape index (κ1) is 19.4. The minimum atomic E-state index is -0.156. The number of carbonyl (C=O) groups excluding carboxylic acids is 2. The minimum Gasteiger partial charge on any atom is -0.472 e. The maximum Gasteiger partial charge on any atom is 0.257 e. The van der Waals surface area contributed by atoms with Crippen LogP contribution < -0.4 is 5.32 Å². The standard InChI is InChI=1S/C23H24N2O3/c1-17-8-9-21(14-18(17)2)24-22(26)10-12-25(15-19-6-4-3-5-7-19)23(27)20-11-13-28-16-20/h3-9,11,13-14,16H,10,12,15H2,1-2H3,(H,24,26). The number of furan rings is 1. The van der Waals surface area contributed by atoms with Gasteiger partial charge in [0.2, 0.25) is 5.91 Å². The Balaban J connectivity index is 1.65. The molecule has 0 fully saturated rings. The zero-order chi connectivity index (χ0) is 19.9. The number of nitrogens with one attached hydrogen (secondary N) is 1. The van der Waals surface area contributed by atoms with Crippen molar-refractivity contribution in [1.82, 2.24) is 4.90 Å². The lowest BCUT2D eigenvalue weighted by atomic mass is 10.1. The monoisotopic (exact) mass is 376 g/mol. The molecule has 5 heteroatoms. The summed E-state index contributed by atoms with van der Waals surface area (Å²) < 4.78 is 5.03. The first-order valence-corrected chi connectivity index (χ1v) is 9.25. The number of hydrogen-bond acceptors (Lipinski definition) is 3. The van der Waals surface area contributed by atoms with Crippen molar-refractivity contribution in [3.8, 4) is 0 Å². The molecule has 1 aromatic heterocycles. The summed E-state index contributed by atoms with van der Waals surface area (Å²) in [5.74, 6) is -0.280. The first-order chi connectivity index (χ1) is 13.5. The molecule has 2 amide bonds. The van der Waals surface area contributed by atoms with Crippen LogP contribution in [0.5, 0.6) is 0 Å². The summed E-state index contributed by atoms with van der Waals surface area (Å²) in [5, 5.41) is 2.91. The summed E-state index contributed by atoms with van der Waals surface area (Å²) in [6.07, 6.45) is 3.11. The molecule has 0 atom stereocenters. The summed E-state index contributed by atoms with van der Waals surface area (Å²) >= 11 is 0. The van der Waals surface area contributed by atoms with Crippen LogP contribution in [-0.4, -0.2) is 23.3 Å². The zero-order valence-electron chi connectivity index (χ0n) is 16.1. The van der Waals surface area contributed by atoms with Crippen LogP contribution in [-0.2, 0) is 11.3 Å². The Bertz CT molecular complexity index is 934. The molecule has 0 aliphatic heterocycles. The molecular formula is C23H24N2O3. The molecule has 1 heterocycles. The summed E-state index contributed by atoms with van der Waals surface area (Å²) in [7, 11) is 0. The van der Waals surface area contributed by atoms with Gasteiger partial charge in [-0.2, -0.15) is 0 Å². The van der Waals surface area contributed by atoms with Gasteiger partial charge in [0.05, 0.1) is 11.8 Å². The molecule has 28 heavy (non-hydrogen) atoms. The van der Waals surface area contributed by atoms with Crippen LogP contribution in [0, 0.1) is 13.8 Å². The Morgan fingerprint density at radius 3 is 2.46 bits per heavy atom. The van der Waals surface area contributed by atoms with Crippen LogP contribution in [0.25, 0.3) is 0 Å². The lowest BCUT2D eigenvalue weighted by molar-refractivity contribution is -0.116. The maximum absolute atomic E-state index is 12.8. The van der Waals surface area contributed by atoms with Crippen LogP contribution in [0.1, 0.15) is 33.5 Å². The van der Waals surface area contributed by atoms with Crippen LogP contribution in [0.2, 0.25) is 0 Å². The highest BCUT2D eigenvalue weighted by molar-refractivity contribution is 5.95. The number of amides is 2. The largest absolute Gasteiger partial charge is 0.472 e. The van der Waals surface area contributed by atoms with E-state index in [9.17, 15) is 9.59 Å². The van der Waals surface area contributed by atoms with Crippen LogP contribution in [0.3, 0.4) is 0 Å². The lowest BCUT2D eigenvalue weighted by Gasteiger charge is -2.22. The molecular weight excluding hydrogens is 352 g/mol. The third-order valence-corrected chi connectivity index (χ3v) is 4.67. The zero-order valence-corrected chi connectivity index (χ0v) is 16.1. The number of rotatable bonds is 7. The number of aryl methyl sites for hydroxylation is 2. The lowest BCUT2D eigenvalue weighted by Crippen LogP contribution is -2.33. The van der Waals surface area contributed by atoms with Gasteiger partial charge in [-0.25, -0.2) is 0 Å². The molecule has 0 saturated carbocycles. The summed E-state index contributed by atoms with van der Waals surface area (Å²) in [6.45, 7) is 4.79. The average Bonchev–Trinajstić information content (AvgIpc) is 3.23. The van der Waals surface area contributed by atoms with Crippen molar-refractivity contribution in [2.75, 3.05) is 11.9 Å². The van der Waals surface area contributed by atoms with Crippen molar-refractivity contribution in [1.29, 1.82) is 0 Å². The molecule has 2 aromatic carbocycles. The summed E-state index contributed by atoms with van der Waals surface area (Å²) in [5.41, 5.74) is 4.56. The summed E-state index contributed by atoms with van der Waals surface area (Å²) in [6, 6.07) is 17.2. The van der Waals surface area contributed by atoms with Gasteiger partial charge >= 0.3 is 0 Å². The maximum atomic E-state index is 12.8. The third-order valence-electron chi connectivity index (χ3n) is 4.67. The van der Waals surface area contributed by atoms with Crippen molar-refractivity contribution in [2.24, 2.45) is 0 Å². The van der Waals surface area contributed by atoms with Crippen LogP contribution in [0.15, 0.2) is 71.5 Å². The average molecular weight is 376 g/mol. The van der Waals surface area contributed by atoms with Crippen molar-refractivity contribution in [3.05, 3.63) is 89.4 Å². The van der Waals surface area contributed by atoms with Gasteiger partial charge in [-0.3, -0.25) is 9.59 Å². The second kappa shape index (κ2) is 9.04. The molecule has 0 bridgehead atoms. The highest BCUT2D eigenvalue weighted by atomic mass is 16.3. The molecule has 0 aliphatic rings. The Kier molecular flexibility index (Phi) is 6.27. The van der Waals surface area contributed by atoms with Crippen LogP contribution >= 0.6 is 0 Å². The molecule has 0 unspecified atom stereocenters. The van der Waals surface area contributed by atoms with Gasteiger partial charge in [-0.1, -0.05) is 36.4 Å². The topological polar surface area (TPSA) is 62.6 Å². The fourth-order valence-corrected chi connectivity index (χ4v) is 2.90. The van der Waals surface area contributed by atoms with Crippen molar-refractivity contribution in [3.63, 3.8) is 0 Å². The van der Waals surface area contributed by atoms with E-state index in [2.05, 4.69) is 5.32 Å². The number of benzene rings is 2. The van der Waals surface area contributed by atoms with E-state index >= 15 is 0 Å². The van der Waals surface area contributed by atoms with E-state index in [1.165, 1.54) is 18.1 Å². The van der Waals surface area contributed by atoms with E-state index in [-0.39, 0.29) is 18.2 Å².